The van der Waals surface area contributed by atoms with Gasteiger partial charge < -0.3 is 4.90 Å². The molecule has 8 nitrogen and oxygen atoms in total. The highest BCUT2D eigenvalue weighted by Crippen LogP contribution is 2.35. The number of piperidine rings is 1. The van der Waals surface area contributed by atoms with E-state index in [1.807, 2.05) is 48.3 Å². The summed E-state index contributed by atoms with van der Waals surface area (Å²) in [5, 5.41) is 6.75. The number of aromatic nitrogens is 3. The summed E-state index contributed by atoms with van der Waals surface area (Å²) in [4.78, 5) is 42.2. The van der Waals surface area contributed by atoms with Crippen LogP contribution >= 0.6 is 0 Å². The quantitative estimate of drug-likeness (QED) is 0.676. The molecule has 0 bridgehead atoms. The molecule has 3 aromatic rings. The van der Waals surface area contributed by atoms with Gasteiger partial charge in [0.15, 0.2) is 0 Å². The maximum Gasteiger partial charge on any atom is 0.255 e. The Balaban J connectivity index is 1.49. The van der Waals surface area contributed by atoms with E-state index in [2.05, 4.69) is 15.4 Å². The number of nitrogens with zero attached hydrogens (tertiary/aromatic N) is 4. The number of fused-ring (bicyclic) bond motifs is 1. The predicted molar refractivity (Wildman–Crippen MR) is 108 cm³/mol. The van der Waals surface area contributed by atoms with Crippen LogP contribution in [0.2, 0.25) is 0 Å². The average molecular weight is 401 g/mol. The summed E-state index contributed by atoms with van der Waals surface area (Å²) in [7, 11) is 1.89. The summed E-state index contributed by atoms with van der Waals surface area (Å²) < 4.78 is 1.82. The molecule has 30 heavy (non-hydrogen) atoms. The maximum atomic E-state index is 12.9. The number of carbonyl (C=O) groups excluding carboxylic acids is 3. The van der Waals surface area contributed by atoms with Gasteiger partial charge in [-0.05, 0) is 41.8 Å². The van der Waals surface area contributed by atoms with Crippen LogP contribution in [-0.2, 0) is 23.2 Å². The van der Waals surface area contributed by atoms with Gasteiger partial charge >= 0.3 is 0 Å². The molecule has 0 saturated carbocycles. The molecule has 1 aromatic carbocycles. The number of carbonyl (C=O) groups is 3. The summed E-state index contributed by atoms with van der Waals surface area (Å²) in [6.45, 7) is 0.346. The van der Waals surface area contributed by atoms with Crippen molar-refractivity contribution >= 4 is 17.7 Å². The highest BCUT2D eigenvalue weighted by atomic mass is 16.2. The van der Waals surface area contributed by atoms with Gasteiger partial charge in [0.05, 0.1) is 11.9 Å². The zero-order chi connectivity index (χ0) is 20.8. The molecule has 2 aliphatic heterocycles. The van der Waals surface area contributed by atoms with Gasteiger partial charge in [-0.25, -0.2) is 0 Å². The van der Waals surface area contributed by atoms with E-state index in [1.54, 1.807) is 17.3 Å². The lowest BCUT2D eigenvalue weighted by Gasteiger charge is -2.29. The molecule has 1 fully saturated rings. The van der Waals surface area contributed by atoms with E-state index in [0.29, 0.717) is 18.5 Å². The van der Waals surface area contributed by atoms with E-state index in [4.69, 9.17) is 0 Å². The Kier molecular flexibility index (Phi) is 4.20. The van der Waals surface area contributed by atoms with Crippen molar-refractivity contribution in [1.29, 1.82) is 0 Å². The Morgan fingerprint density at radius 3 is 2.60 bits per heavy atom. The van der Waals surface area contributed by atoms with Crippen molar-refractivity contribution in [2.24, 2.45) is 7.05 Å². The van der Waals surface area contributed by atoms with Gasteiger partial charge in [-0.3, -0.25) is 29.4 Å². The molecule has 150 valence electrons. The Morgan fingerprint density at radius 1 is 1.03 bits per heavy atom. The van der Waals surface area contributed by atoms with Crippen LogP contribution < -0.4 is 5.32 Å². The maximum absolute atomic E-state index is 12.9. The fourth-order valence-corrected chi connectivity index (χ4v) is 4.24. The predicted octanol–water partition coefficient (Wildman–Crippen LogP) is 1.91. The van der Waals surface area contributed by atoms with E-state index in [0.717, 1.165) is 27.9 Å². The summed E-state index contributed by atoms with van der Waals surface area (Å²) in [6.07, 6.45) is 5.89. The molecule has 1 atom stereocenters. The molecular weight excluding hydrogens is 382 g/mol. The van der Waals surface area contributed by atoms with E-state index < -0.39 is 11.9 Å². The Morgan fingerprint density at radius 2 is 1.83 bits per heavy atom. The molecule has 0 spiro atoms. The molecule has 1 saturated heterocycles. The molecule has 8 heteroatoms. The van der Waals surface area contributed by atoms with Crippen LogP contribution in [-0.4, -0.2) is 43.4 Å². The number of pyridine rings is 1. The fraction of sp³-hybridized carbons (Fsp3) is 0.227. The molecular formula is C22H19N5O3. The minimum absolute atomic E-state index is 0.174. The van der Waals surface area contributed by atoms with Crippen LogP contribution in [0.25, 0.3) is 22.4 Å². The molecule has 0 unspecified atom stereocenters. The molecule has 4 heterocycles. The number of hydrogen-bond acceptors (Lipinski definition) is 5. The topological polar surface area (TPSA) is 97.2 Å². The van der Waals surface area contributed by atoms with Crippen LogP contribution in [0.15, 0.2) is 48.9 Å². The van der Waals surface area contributed by atoms with Gasteiger partial charge in [0.1, 0.15) is 6.04 Å². The fourth-order valence-electron chi connectivity index (χ4n) is 4.24. The van der Waals surface area contributed by atoms with Crippen LogP contribution in [0, 0.1) is 0 Å². The highest BCUT2D eigenvalue weighted by Gasteiger charge is 2.39. The number of nitrogens with one attached hydrogen (secondary N) is 1. The van der Waals surface area contributed by atoms with Crippen molar-refractivity contribution < 1.29 is 14.4 Å². The molecule has 1 N–H and O–H groups in total. The minimum atomic E-state index is -0.614. The summed E-state index contributed by atoms with van der Waals surface area (Å²) >= 11 is 0. The van der Waals surface area contributed by atoms with Crippen LogP contribution in [0.5, 0.6) is 0 Å². The third-order valence-electron chi connectivity index (χ3n) is 5.73. The third-order valence-corrected chi connectivity index (χ3v) is 5.73. The van der Waals surface area contributed by atoms with Crippen LogP contribution in [0.3, 0.4) is 0 Å². The van der Waals surface area contributed by atoms with Gasteiger partial charge in [0.25, 0.3) is 5.91 Å². The van der Waals surface area contributed by atoms with Gasteiger partial charge in [0, 0.05) is 49.1 Å². The Bertz CT molecular complexity index is 1180. The molecule has 5 rings (SSSR count). The smallest absolute Gasteiger partial charge is 0.255 e. The van der Waals surface area contributed by atoms with E-state index in [-0.39, 0.29) is 18.2 Å². The molecule has 2 aliphatic rings. The number of rotatable bonds is 3. The molecule has 0 radical (unpaired) electrons. The second-order valence-electron chi connectivity index (χ2n) is 7.54. The normalized spacial score (nSPS) is 18.5. The third kappa shape index (κ3) is 2.88. The first-order valence-electron chi connectivity index (χ1n) is 9.73. The Hall–Kier alpha value is -3.81. The van der Waals surface area contributed by atoms with Gasteiger partial charge in [-0.1, -0.05) is 6.07 Å². The van der Waals surface area contributed by atoms with Crippen molar-refractivity contribution in [3.63, 3.8) is 0 Å². The number of aryl methyl sites for hydroxylation is 1. The zero-order valence-electron chi connectivity index (χ0n) is 16.3. The first-order chi connectivity index (χ1) is 14.5. The SMILES string of the molecule is Cn1ncc(-c2ccc3c(c2)CN([C@H]2CCC(=O)NC2=O)C3=O)c1-c1ccncc1. The van der Waals surface area contributed by atoms with E-state index in [1.165, 1.54) is 0 Å². The lowest BCUT2D eigenvalue weighted by atomic mass is 9.98. The van der Waals surface area contributed by atoms with E-state index in [9.17, 15) is 14.4 Å². The monoisotopic (exact) mass is 401 g/mol. The molecule has 3 amide bonds. The van der Waals surface area contributed by atoms with E-state index >= 15 is 0 Å². The van der Waals surface area contributed by atoms with Crippen LogP contribution in [0.1, 0.15) is 28.8 Å². The second kappa shape index (κ2) is 6.91. The standard InChI is InChI=1S/C22H19N5O3/c1-26-20(13-6-8-23-9-7-13)17(11-24-26)14-2-3-16-15(10-14)12-27(22(16)30)18-4-5-19(28)25-21(18)29/h2-3,6-11,18H,4-5,12H2,1H3,(H,25,28,29)/t18-/m0/s1. The second-order valence-corrected chi connectivity index (χ2v) is 7.54. The van der Waals surface area contributed by atoms with Gasteiger partial charge in [-0.15, -0.1) is 0 Å². The van der Waals surface area contributed by atoms with Crippen molar-refractivity contribution in [1.82, 2.24) is 25.0 Å². The number of amides is 3. The largest absolute Gasteiger partial charge is 0.322 e. The minimum Gasteiger partial charge on any atom is -0.322 e. The van der Waals surface area contributed by atoms with Gasteiger partial charge in [-0.2, -0.15) is 5.10 Å². The number of benzene rings is 1. The summed E-state index contributed by atoms with van der Waals surface area (Å²) in [5.41, 5.74) is 5.33. The van der Waals surface area contributed by atoms with Crippen molar-refractivity contribution in [3.8, 4) is 22.4 Å². The van der Waals surface area contributed by atoms with Crippen molar-refractivity contribution in [3.05, 3.63) is 60.0 Å². The first-order valence-corrected chi connectivity index (χ1v) is 9.73. The number of imide groups is 1. The first kappa shape index (κ1) is 18.2. The molecule has 2 aromatic heterocycles. The van der Waals surface area contributed by atoms with Gasteiger partial charge in [0.2, 0.25) is 11.8 Å². The van der Waals surface area contributed by atoms with Crippen LogP contribution in [0.4, 0.5) is 0 Å². The highest BCUT2D eigenvalue weighted by molar-refractivity contribution is 6.05. The lowest BCUT2D eigenvalue weighted by Crippen LogP contribution is -2.52. The molecule has 0 aliphatic carbocycles. The summed E-state index contributed by atoms with van der Waals surface area (Å²) in [5.74, 6) is -0.866. The lowest BCUT2D eigenvalue weighted by molar-refractivity contribution is -0.136. The zero-order valence-corrected chi connectivity index (χ0v) is 16.3. The average Bonchev–Trinajstić information content (AvgIpc) is 3.28. The number of hydrogen-bond donors (Lipinski definition) is 1. The Labute approximate surface area is 172 Å². The van der Waals surface area contributed by atoms with Crippen molar-refractivity contribution in [2.75, 3.05) is 0 Å². The van der Waals surface area contributed by atoms with Crippen molar-refractivity contribution in [2.45, 2.75) is 25.4 Å². The summed E-state index contributed by atoms with van der Waals surface area (Å²) in [6, 6.07) is 8.96.